The number of hydrogen-bond acceptors (Lipinski definition) is 7. The number of β-lactam (4-membered cyclic amide) rings is 1. The lowest BCUT2D eigenvalue weighted by atomic mass is 9.95. The highest BCUT2D eigenvalue weighted by molar-refractivity contribution is 8.01. The highest BCUT2D eigenvalue weighted by Gasteiger charge is 2.66. The van der Waals surface area contributed by atoms with Gasteiger partial charge in [0.2, 0.25) is 11.8 Å². The number of carbonyl (C=O) groups excluding carboxylic acids is 4. The summed E-state index contributed by atoms with van der Waals surface area (Å²) in [6.45, 7) is 2.98. The van der Waals surface area contributed by atoms with Crippen LogP contribution in [0, 0.1) is 0 Å². The smallest absolute Gasteiger partial charge is 0.330 e. The molecule has 0 saturated carbocycles. The van der Waals surface area contributed by atoms with Crippen molar-refractivity contribution in [2.75, 3.05) is 13.7 Å². The van der Waals surface area contributed by atoms with Crippen LogP contribution in [0.3, 0.4) is 0 Å². The lowest BCUT2D eigenvalue weighted by Gasteiger charge is -2.43. The first kappa shape index (κ1) is 20.2. The quantitative estimate of drug-likeness (QED) is 0.542. The number of nitrogens with one attached hydrogen (secondary N) is 1. The van der Waals surface area contributed by atoms with E-state index in [2.05, 4.69) is 5.32 Å². The summed E-state index contributed by atoms with van der Waals surface area (Å²) in [5, 5.41) is 2.34. The standard InChI is InChI=1S/C19H22N2O6S/c1-11(22)27-10-19(2)15(18(25)26-3)21-16(24)14(17(21)28-19)20-13(23)9-12-7-5-4-6-8-12/h4-8,14-15,17H,9-10H2,1-3H3,(H,20,23)/t14-,15+,17+,19+/m1/s1. The molecule has 0 bridgehead atoms. The zero-order valence-corrected chi connectivity index (χ0v) is 16.7. The summed E-state index contributed by atoms with van der Waals surface area (Å²) in [6.07, 6.45) is 0.160. The van der Waals surface area contributed by atoms with Crippen molar-refractivity contribution in [3.8, 4) is 0 Å². The normalized spacial score (nSPS) is 28.2. The molecule has 0 radical (unpaired) electrons. The van der Waals surface area contributed by atoms with E-state index in [-0.39, 0.29) is 24.8 Å². The molecule has 4 atom stereocenters. The summed E-state index contributed by atoms with van der Waals surface area (Å²) in [4.78, 5) is 50.0. The van der Waals surface area contributed by atoms with Gasteiger partial charge in [-0.3, -0.25) is 14.4 Å². The molecule has 1 aromatic rings. The van der Waals surface area contributed by atoms with Gasteiger partial charge in [-0.1, -0.05) is 30.3 Å². The summed E-state index contributed by atoms with van der Waals surface area (Å²) in [6, 6.07) is 7.60. The average Bonchev–Trinajstić information content (AvgIpc) is 2.95. The third-order valence-electron chi connectivity index (χ3n) is 4.84. The van der Waals surface area contributed by atoms with Crippen LogP contribution in [0.15, 0.2) is 30.3 Å². The monoisotopic (exact) mass is 406 g/mol. The first-order valence-corrected chi connectivity index (χ1v) is 9.69. The van der Waals surface area contributed by atoms with E-state index in [1.54, 1.807) is 6.92 Å². The Bertz CT molecular complexity index is 801. The van der Waals surface area contributed by atoms with Crippen LogP contribution in [-0.4, -0.2) is 64.6 Å². The fraction of sp³-hybridized carbons (Fsp3) is 0.474. The number of esters is 2. The summed E-state index contributed by atoms with van der Waals surface area (Å²) < 4.78 is 9.11. The van der Waals surface area contributed by atoms with Crippen molar-refractivity contribution in [1.82, 2.24) is 10.2 Å². The van der Waals surface area contributed by atoms with E-state index in [0.29, 0.717) is 0 Å². The van der Waals surface area contributed by atoms with E-state index in [9.17, 15) is 19.2 Å². The molecule has 2 amide bonds. The van der Waals surface area contributed by atoms with E-state index in [4.69, 9.17) is 9.47 Å². The van der Waals surface area contributed by atoms with E-state index >= 15 is 0 Å². The maximum absolute atomic E-state index is 12.7. The van der Waals surface area contributed by atoms with Crippen LogP contribution >= 0.6 is 11.8 Å². The van der Waals surface area contributed by atoms with E-state index < -0.39 is 34.1 Å². The Kier molecular flexibility index (Phi) is 5.64. The van der Waals surface area contributed by atoms with Crippen LogP contribution in [0.1, 0.15) is 19.4 Å². The first-order chi connectivity index (χ1) is 13.3. The summed E-state index contributed by atoms with van der Waals surface area (Å²) in [5.74, 6) is -1.67. The predicted octanol–water partition coefficient (Wildman–Crippen LogP) is 0.492. The van der Waals surface area contributed by atoms with Gasteiger partial charge in [0.15, 0.2) is 0 Å². The largest absolute Gasteiger partial charge is 0.467 e. The van der Waals surface area contributed by atoms with Gasteiger partial charge in [-0.15, -0.1) is 11.8 Å². The van der Waals surface area contributed by atoms with Crippen LogP contribution in [0.4, 0.5) is 0 Å². The van der Waals surface area contributed by atoms with Gasteiger partial charge >= 0.3 is 11.9 Å². The molecule has 0 aliphatic carbocycles. The highest BCUT2D eigenvalue weighted by atomic mass is 32.2. The minimum Gasteiger partial charge on any atom is -0.467 e. The van der Waals surface area contributed by atoms with Crippen molar-refractivity contribution in [1.29, 1.82) is 0 Å². The van der Waals surface area contributed by atoms with Crippen LogP contribution in [0.2, 0.25) is 0 Å². The van der Waals surface area contributed by atoms with E-state index in [1.165, 1.54) is 30.7 Å². The lowest BCUT2D eigenvalue weighted by molar-refractivity contribution is -0.164. The van der Waals surface area contributed by atoms with Gasteiger partial charge in [0.25, 0.3) is 0 Å². The second-order valence-electron chi connectivity index (χ2n) is 6.98. The number of rotatable bonds is 6. The van der Waals surface area contributed by atoms with E-state index in [0.717, 1.165) is 5.56 Å². The fourth-order valence-electron chi connectivity index (χ4n) is 3.49. The van der Waals surface area contributed by atoms with Crippen molar-refractivity contribution < 1.29 is 28.7 Å². The Hall–Kier alpha value is -2.55. The van der Waals surface area contributed by atoms with Crippen LogP contribution in [-0.2, 0) is 35.1 Å². The van der Waals surface area contributed by atoms with Crippen molar-refractivity contribution in [3.05, 3.63) is 35.9 Å². The number of amides is 2. The lowest BCUT2D eigenvalue weighted by Crippen LogP contribution is -2.71. The Labute approximate surface area is 166 Å². The Morgan fingerprint density at radius 1 is 1.25 bits per heavy atom. The molecule has 3 rings (SSSR count). The number of thioether (sulfide) groups is 1. The second-order valence-corrected chi connectivity index (χ2v) is 8.63. The molecule has 28 heavy (non-hydrogen) atoms. The first-order valence-electron chi connectivity index (χ1n) is 8.81. The number of hydrogen-bond donors (Lipinski definition) is 1. The molecule has 0 unspecified atom stereocenters. The van der Waals surface area contributed by atoms with Crippen molar-refractivity contribution in [2.24, 2.45) is 0 Å². The van der Waals surface area contributed by atoms with Gasteiger partial charge in [-0.05, 0) is 12.5 Å². The molecule has 0 aromatic heterocycles. The molecule has 150 valence electrons. The molecule has 8 nitrogen and oxygen atoms in total. The zero-order chi connectivity index (χ0) is 20.5. The average molecular weight is 406 g/mol. The van der Waals surface area contributed by atoms with Gasteiger partial charge in [-0.2, -0.15) is 0 Å². The van der Waals surface area contributed by atoms with Crippen LogP contribution in [0.25, 0.3) is 0 Å². The number of benzene rings is 1. The molecule has 2 aliphatic heterocycles. The number of ether oxygens (including phenoxy) is 2. The Balaban J connectivity index is 1.71. The summed E-state index contributed by atoms with van der Waals surface area (Å²) >= 11 is 1.33. The number of nitrogens with zero attached hydrogens (tertiary/aromatic N) is 1. The van der Waals surface area contributed by atoms with Gasteiger partial charge < -0.3 is 19.7 Å². The topological polar surface area (TPSA) is 102 Å². The Morgan fingerprint density at radius 3 is 2.54 bits per heavy atom. The van der Waals surface area contributed by atoms with Crippen molar-refractivity contribution in [3.63, 3.8) is 0 Å². The number of carbonyl (C=O) groups is 4. The SMILES string of the molecule is COC(=O)[C@@H]1N2C(=O)[C@@H](NC(=O)Cc3ccccc3)[C@@H]2S[C@@]1(C)COC(C)=O. The molecular weight excluding hydrogens is 384 g/mol. The number of fused-ring (bicyclic) bond motifs is 1. The molecule has 9 heteroatoms. The zero-order valence-electron chi connectivity index (χ0n) is 15.8. The molecule has 1 N–H and O–H groups in total. The maximum atomic E-state index is 12.7. The molecule has 0 spiro atoms. The molecule has 2 aliphatic rings. The van der Waals surface area contributed by atoms with Gasteiger partial charge in [-0.25, -0.2) is 4.79 Å². The third-order valence-corrected chi connectivity index (χ3v) is 6.46. The van der Waals surface area contributed by atoms with Gasteiger partial charge in [0.1, 0.15) is 24.1 Å². The van der Waals surface area contributed by atoms with Crippen molar-refractivity contribution >= 4 is 35.5 Å². The highest BCUT2D eigenvalue weighted by Crippen LogP contribution is 2.51. The predicted molar refractivity (Wildman–Crippen MR) is 101 cm³/mol. The number of methoxy groups -OCH3 is 1. The minimum atomic E-state index is -0.887. The maximum Gasteiger partial charge on any atom is 0.330 e. The fourth-order valence-corrected chi connectivity index (χ4v) is 5.17. The van der Waals surface area contributed by atoms with Crippen LogP contribution in [0.5, 0.6) is 0 Å². The third kappa shape index (κ3) is 3.71. The van der Waals surface area contributed by atoms with E-state index in [1.807, 2.05) is 30.3 Å². The molecule has 1 aromatic carbocycles. The Morgan fingerprint density at radius 2 is 1.93 bits per heavy atom. The molecule has 2 saturated heterocycles. The summed E-state index contributed by atoms with van der Waals surface area (Å²) in [7, 11) is 1.25. The van der Waals surface area contributed by atoms with Crippen molar-refractivity contribution in [2.45, 2.75) is 42.5 Å². The molecule has 2 fully saturated rings. The van der Waals surface area contributed by atoms with Crippen LogP contribution < -0.4 is 5.32 Å². The second kappa shape index (κ2) is 7.83. The minimum absolute atomic E-state index is 0.0439. The summed E-state index contributed by atoms with van der Waals surface area (Å²) in [5.41, 5.74) is 0.842. The molecular formula is C19H22N2O6S. The van der Waals surface area contributed by atoms with Gasteiger partial charge in [0.05, 0.1) is 18.3 Å². The van der Waals surface area contributed by atoms with Gasteiger partial charge in [0, 0.05) is 6.92 Å². The molecule has 2 heterocycles.